The summed E-state index contributed by atoms with van der Waals surface area (Å²) < 4.78 is 8.15. The van der Waals surface area contributed by atoms with Gasteiger partial charge in [-0.1, -0.05) is 0 Å². The zero-order valence-electron chi connectivity index (χ0n) is 9.88. The predicted octanol–water partition coefficient (Wildman–Crippen LogP) is -6.59. The van der Waals surface area contributed by atoms with Crippen LogP contribution in [0.25, 0.3) is 0 Å². The summed E-state index contributed by atoms with van der Waals surface area (Å²) in [6, 6.07) is 0. The van der Waals surface area contributed by atoms with Crippen molar-refractivity contribution in [1.82, 2.24) is 8.85 Å². The van der Waals surface area contributed by atoms with Crippen LogP contribution in [-0.2, 0) is 14.3 Å². The van der Waals surface area contributed by atoms with Gasteiger partial charge in [-0.25, -0.2) is 0 Å². The monoisotopic (exact) mass is 387 g/mol. The molecule has 3 unspecified atom stereocenters. The van der Waals surface area contributed by atoms with E-state index in [0.717, 1.165) is 13.0 Å². The summed E-state index contributed by atoms with van der Waals surface area (Å²) in [5, 5.41) is 10.8. The van der Waals surface area contributed by atoms with Crippen molar-refractivity contribution in [1.29, 1.82) is 0 Å². The molecule has 1 aliphatic rings. The van der Waals surface area contributed by atoms with E-state index >= 15 is 0 Å². The van der Waals surface area contributed by atoms with Crippen LogP contribution in [0.3, 0.4) is 0 Å². The number of nitrogens with zero attached hydrogens (tertiary/aromatic N) is 1. The standard InChI is InChI=1S/C8H16IN6O4/c10-4(6(16)17)14-8(12)15-5(11)7(18)19-3-1-2-13-9-3/h3-5,13H,1-2,10-11H2,(H,16,17)(H3,12,14,15)/q-1. The third-order valence-electron chi connectivity index (χ3n) is 2.00. The van der Waals surface area contributed by atoms with Gasteiger partial charge in [0.05, 0.1) is 0 Å². The number of aliphatic imine (C=N–C) groups is 1. The summed E-state index contributed by atoms with van der Waals surface area (Å²) in [7, 11) is 0. The Balaban J connectivity index is 2.42. The number of halogens is 1. The number of esters is 1. The summed E-state index contributed by atoms with van der Waals surface area (Å²) in [5.74, 6) is -2.35. The van der Waals surface area contributed by atoms with E-state index in [0.29, 0.717) is 0 Å². The van der Waals surface area contributed by atoms with Gasteiger partial charge < -0.3 is 0 Å². The number of hydrogen-bond donors (Lipinski definition) is 6. The Bertz CT molecular complexity index is 372. The van der Waals surface area contributed by atoms with E-state index in [9.17, 15) is 9.59 Å². The van der Waals surface area contributed by atoms with Crippen molar-refractivity contribution in [2.75, 3.05) is 6.54 Å². The third-order valence-corrected chi connectivity index (χ3v) is 4.55. The molecule has 0 radical (unpaired) electrons. The van der Waals surface area contributed by atoms with Crippen LogP contribution < -0.4 is 47.5 Å². The molecule has 1 saturated heterocycles. The molecule has 9 N–H and O–H groups in total. The minimum absolute atomic E-state index is 0.112. The summed E-state index contributed by atoms with van der Waals surface area (Å²) in [4.78, 5) is 25.4. The van der Waals surface area contributed by atoms with Gasteiger partial charge in [0.2, 0.25) is 0 Å². The van der Waals surface area contributed by atoms with Crippen molar-refractivity contribution in [3.05, 3.63) is 0 Å². The molecule has 0 aromatic rings. The van der Waals surface area contributed by atoms with Crippen molar-refractivity contribution in [2.45, 2.75) is 22.9 Å². The minimum atomic E-state index is -1.51. The quantitative estimate of drug-likeness (QED) is 0.0509. The van der Waals surface area contributed by atoms with Gasteiger partial charge in [0.15, 0.2) is 0 Å². The van der Waals surface area contributed by atoms with E-state index in [-0.39, 0.29) is 31.5 Å². The van der Waals surface area contributed by atoms with Crippen molar-refractivity contribution in [2.24, 2.45) is 22.2 Å². The number of aliphatic carboxylic acids is 1. The van der Waals surface area contributed by atoms with E-state index in [1.807, 2.05) is 0 Å². The molecule has 0 aromatic carbocycles. The summed E-state index contributed by atoms with van der Waals surface area (Å²) in [5.41, 5.74) is 16.0. The first-order chi connectivity index (χ1) is 8.90. The van der Waals surface area contributed by atoms with Gasteiger partial charge in [0.25, 0.3) is 0 Å². The summed E-state index contributed by atoms with van der Waals surface area (Å²) in [6.07, 6.45) is -1.96. The maximum absolute atomic E-state index is 11.6. The van der Waals surface area contributed by atoms with Crippen LogP contribution in [0.15, 0.2) is 4.99 Å². The van der Waals surface area contributed by atoms with Crippen molar-refractivity contribution in [3.8, 4) is 0 Å². The first-order valence-corrected chi connectivity index (χ1v) is 7.62. The second-order valence-electron chi connectivity index (χ2n) is 3.55. The second-order valence-corrected chi connectivity index (χ2v) is 6.32. The molecular weight excluding hydrogens is 371 g/mol. The van der Waals surface area contributed by atoms with Gasteiger partial charge in [-0.3, -0.25) is 0 Å². The van der Waals surface area contributed by atoms with E-state index in [2.05, 4.69) is 13.8 Å². The molecule has 110 valence electrons. The van der Waals surface area contributed by atoms with Crippen molar-refractivity contribution < 1.29 is 40.9 Å². The Hall–Kier alpha value is -1.18. The molecule has 0 amide bonds. The zero-order chi connectivity index (χ0) is 14.4. The van der Waals surface area contributed by atoms with Crippen LogP contribution in [-0.4, -0.2) is 46.0 Å². The number of carboxylic acid groups (broad SMARTS) is 1. The second kappa shape index (κ2) is 7.42. The Morgan fingerprint density at radius 2 is 2.21 bits per heavy atom. The van der Waals surface area contributed by atoms with Crippen LogP contribution in [0.2, 0.25) is 0 Å². The van der Waals surface area contributed by atoms with E-state index in [4.69, 9.17) is 27.0 Å². The molecule has 11 heteroatoms. The average Bonchev–Trinajstić information content (AvgIpc) is 2.81. The zero-order valence-corrected chi connectivity index (χ0v) is 12.0. The first kappa shape index (κ1) is 15.9. The number of rotatable bonds is 5. The van der Waals surface area contributed by atoms with E-state index < -0.39 is 24.3 Å². The third kappa shape index (κ3) is 5.54. The molecule has 0 aliphatic carbocycles. The number of hydrogen-bond acceptors (Lipinski definition) is 7. The van der Waals surface area contributed by atoms with E-state index in [1.165, 1.54) is 0 Å². The molecule has 0 saturated carbocycles. The van der Waals surface area contributed by atoms with Crippen molar-refractivity contribution >= 4 is 17.9 Å². The van der Waals surface area contributed by atoms with E-state index in [1.54, 1.807) is 0 Å². The molecule has 0 spiro atoms. The summed E-state index contributed by atoms with van der Waals surface area (Å²) >= 11 is -0.363. The predicted molar refractivity (Wildman–Crippen MR) is 60.8 cm³/mol. The molecule has 1 aliphatic heterocycles. The van der Waals surface area contributed by atoms with Gasteiger partial charge >= 0.3 is 119 Å². The fourth-order valence-electron chi connectivity index (χ4n) is 1.10. The molecule has 10 nitrogen and oxygen atoms in total. The van der Waals surface area contributed by atoms with Crippen molar-refractivity contribution in [3.63, 3.8) is 0 Å². The normalized spacial score (nSPS) is 23.1. The molecule has 1 rings (SSSR count). The fraction of sp³-hybridized carbons (Fsp3) is 0.625. The Kier molecular flexibility index (Phi) is 6.20. The van der Waals surface area contributed by atoms with Crippen LogP contribution in [0.5, 0.6) is 0 Å². The number of carboxylic acids is 1. The number of carbonyl (C=O) groups is 2. The van der Waals surface area contributed by atoms with Crippen LogP contribution in [0.4, 0.5) is 0 Å². The topological polar surface area (TPSA) is 178 Å². The molecule has 19 heavy (non-hydrogen) atoms. The van der Waals surface area contributed by atoms with Gasteiger partial charge in [-0.15, -0.1) is 0 Å². The molecular formula is C8H16IN6O4-. The average molecular weight is 387 g/mol. The van der Waals surface area contributed by atoms with Crippen LogP contribution >= 0.6 is 0 Å². The Labute approximate surface area is 119 Å². The van der Waals surface area contributed by atoms with Gasteiger partial charge in [-0.05, 0) is 0 Å². The Morgan fingerprint density at radius 1 is 1.53 bits per heavy atom. The number of nitrogens with one attached hydrogen (secondary N) is 2. The van der Waals surface area contributed by atoms with Gasteiger partial charge in [-0.2, -0.15) is 0 Å². The number of ether oxygens (including phenoxy) is 1. The first-order valence-electron chi connectivity index (χ1n) is 5.29. The number of guanidine groups is 1. The number of alkyl halides is 1. The summed E-state index contributed by atoms with van der Waals surface area (Å²) in [6.45, 7) is 0.824. The fourth-order valence-corrected chi connectivity index (χ4v) is 3.22. The SMILES string of the molecule is NC(=NC(N)C(=O)O)NC(N)C(=O)OC1CCN[I-]1. The molecule has 1 heterocycles. The van der Waals surface area contributed by atoms with Crippen LogP contribution in [0, 0.1) is 0 Å². The molecule has 1 fully saturated rings. The maximum atomic E-state index is 11.6. The van der Waals surface area contributed by atoms with Gasteiger partial charge in [0, 0.05) is 0 Å². The molecule has 3 atom stereocenters. The Morgan fingerprint density at radius 3 is 2.74 bits per heavy atom. The molecule has 0 bridgehead atoms. The van der Waals surface area contributed by atoms with Gasteiger partial charge in [0.1, 0.15) is 0 Å². The number of carbonyl (C=O) groups excluding carboxylic acids is 1. The van der Waals surface area contributed by atoms with Crippen LogP contribution in [0.1, 0.15) is 6.42 Å². The number of nitrogens with two attached hydrogens (primary N) is 3. The molecule has 0 aromatic heterocycles.